The monoisotopic (exact) mass is 714 g/mol. The molecule has 0 unspecified atom stereocenters. The van der Waals surface area contributed by atoms with Gasteiger partial charge in [0.25, 0.3) is 35.4 Å². The fraction of sp³-hybridized carbons (Fsp3) is 0.667. The molecular formula is C30H42N4O16. The number of imide groups is 2. The Labute approximate surface area is 287 Å². The van der Waals surface area contributed by atoms with Crippen molar-refractivity contribution in [1.82, 2.24) is 15.0 Å². The Morgan fingerprint density at radius 2 is 0.840 bits per heavy atom. The summed E-state index contributed by atoms with van der Waals surface area (Å²) in [4.78, 5) is 103. The van der Waals surface area contributed by atoms with E-state index in [2.05, 4.69) is 5.92 Å². The van der Waals surface area contributed by atoms with E-state index in [4.69, 9.17) is 43.8 Å². The highest BCUT2D eigenvalue weighted by Gasteiger charge is 2.33. The third-order valence-electron chi connectivity index (χ3n) is 6.38. The summed E-state index contributed by atoms with van der Waals surface area (Å²) in [5.74, 6) is -1.16. The van der Waals surface area contributed by atoms with Crippen LogP contribution in [0.3, 0.4) is 0 Å². The Bertz CT molecular complexity index is 1140. The van der Waals surface area contributed by atoms with Gasteiger partial charge in [0, 0.05) is 50.6 Å². The zero-order chi connectivity index (χ0) is 36.6. The molecule has 0 radical (unpaired) electrons. The van der Waals surface area contributed by atoms with E-state index in [9.17, 15) is 38.4 Å². The van der Waals surface area contributed by atoms with E-state index in [-0.39, 0.29) is 131 Å². The maximum Gasteiger partial charge on any atom is 0.335 e. The highest BCUT2D eigenvalue weighted by Crippen LogP contribution is 2.13. The number of rotatable bonds is 26. The topological polar surface area (TPSA) is 246 Å². The first-order valence-electron chi connectivity index (χ1n) is 15.8. The molecule has 2 saturated heterocycles. The van der Waals surface area contributed by atoms with E-state index in [1.54, 1.807) is 0 Å². The number of hydrogen-bond donors (Lipinski definition) is 1. The van der Waals surface area contributed by atoms with Crippen LogP contribution >= 0.6 is 0 Å². The van der Waals surface area contributed by atoms with Crippen LogP contribution in [0, 0.1) is 11.8 Å². The number of primary amides is 1. The lowest BCUT2D eigenvalue weighted by atomic mass is 10.4. The largest absolute Gasteiger partial charge is 0.378 e. The van der Waals surface area contributed by atoms with Gasteiger partial charge in [-0.3, -0.25) is 28.8 Å². The average molecular weight is 715 g/mol. The van der Waals surface area contributed by atoms with Gasteiger partial charge in [-0.05, 0) is 0 Å². The van der Waals surface area contributed by atoms with Gasteiger partial charge in [0.1, 0.15) is 0 Å². The summed E-state index contributed by atoms with van der Waals surface area (Å²) < 4.78 is 32.2. The van der Waals surface area contributed by atoms with Crippen molar-refractivity contribution in [1.29, 1.82) is 0 Å². The first-order valence-corrected chi connectivity index (χ1v) is 15.8. The number of ether oxygens (including phenoxy) is 6. The van der Waals surface area contributed by atoms with Crippen LogP contribution in [0.25, 0.3) is 0 Å². The Balaban J connectivity index is 1.46. The minimum absolute atomic E-state index is 0.0150. The normalized spacial score (nSPS) is 14.2. The second kappa shape index (κ2) is 24.6. The molecule has 0 aliphatic carbocycles. The smallest absolute Gasteiger partial charge is 0.335 e. The number of carbonyl (C=O) groups excluding carboxylic acids is 8. The lowest BCUT2D eigenvalue weighted by molar-refractivity contribution is -0.198. The third-order valence-corrected chi connectivity index (χ3v) is 6.38. The summed E-state index contributed by atoms with van der Waals surface area (Å²) in [5.41, 5.74) is 4.99. The predicted molar refractivity (Wildman–Crippen MR) is 162 cm³/mol. The molecular weight excluding hydrogens is 672 g/mol. The second-order valence-electron chi connectivity index (χ2n) is 10.2. The molecule has 0 aromatic carbocycles. The maximum atomic E-state index is 12.4. The van der Waals surface area contributed by atoms with Gasteiger partial charge in [0.2, 0.25) is 0 Å². The van der Waals surface area contributed by atoms with Crippen molar-refractivity contribution in [3.8, 4) is 11.8 Å². The van der Waals surface area contributed by atoms with Crippen molar-refractivity contribution in [2.75, 3.05) is 92.4 Å². The third kappa shape index (κ3) is 17.8. The lowest BCUT2D eigenvalue weighted by Gasteiger charge is -2.20. The molecule has 20 nitrogen and oxygen atoms in total. The van der Waals surface area contributed by atoms with E-state index < -0.39 is 47.4 Å². The molecule has 2 fully saturated rings. The molecule has 2 aliphatic heterocycles. The van der Waals surface area contributed by atoms with Crippen LogP contribution in [0.5, 0.6) is 0 Å². The van der Waals surface area contributed by atoms with Gasteiger partial charge >= 0.3 is 11.9 Å². The molecule has 278 valence electrons. The molecule has 0 saturated carbocycles. The van der Waals surface area contributed by atoms with E-state index in [0.29, 0.717) is 10.1 Å². The number of nitrogens with two attached hydrogens (primary N) is 1. The minimum atomic E-state index is -0.946. The number of amides is 6. The van der Waals surface area contributed by atoms with Crippen molar-refractivity contribution in [3.05, 3.63) is 0 Å². The Morgan fingerprint density at radius 3 is 1.18 bits per heavy atom. The van der Waals surface area contributed by atoms with Crippen LogP contribution in [0.1, 0.15) is 38.5 Å². The van der Waals surface area contributed by atoms with Gasteiger partial charge in [-0.15, -0.1) is 10.1 Å². The van der Waals surface area contributed by atoms with Crippen molar-refractivity contribution in [3.63, 3.8) is 0 Å². The van der Waals surface area contributed by atoms with Crippen molar-refractivity contribution >= 4 is 47.4 Å². The average Bonchev–Trinajstić information content (AvgIpc) is 3.57. The Morgan fingerprint density at radius 1 is 0.520 bits per heavy atom. The maximum absolute atomic E-state index is 12.4. The van der Waals surface area contributed by atoms with E-state index in [1.165, 1.54) is 4.90 Å². The summed E-state index contributed by atoms with van der Waals surface area (Å²) in [7, 11) is 0. The highest BCUT2D eigenvalue weighted by atomic mass is 16.7. The molecule has 0 atom stereocenters. The predicted octanol–water partition coefficient (Wildman–Crippen LogP) is -2.60. The van der Waals surface area contributed by atoms with Crippen LogP contribution < -0.4 is 5.73 Å². The van der Waals surface area contributed by atoms with Crippen LogP contribution in [0.4, 0.5) is 0 Å². The molecule has 2 rings (SSSR count). The lowest BCUT2D eigenvalue weighted by Crippen LogP contribution is -2.36. The Hall–Kier alpha value is -4.52. The number of hydroxylamine groups is 4. The van der Waals surface area contributed by atoms with Crippen molar-refractivity contribution in [2.24, 2.45) is 5.73 Å². The summed E-state index contributed by atoms with van der Waals surface area (Å²) in [5, 5.41) is 0.953. The van der Waals surface area contributed by atoms with Crippen LogP contribution in [0.2, 0.25) is 0 Å². The molecule has 50 heavy (non-hydrogen) atoms. The first kappa shape index (κ1) is 41.7. The van der Waals surface area contributed by atoms with Gasteiger partial charge in [-0.2, -0.15) is 0 Å². The quantitative estimate of drug-likeness (QED) is 0.0548. The SMILES string of the molecule is NC(=O)C#CC(=O)N(CCOCCOCCOCCC(=O)ON1C(=O)CCC1=O)CCOCCOCCOCCC(=O)ON1C(=O)CCC1=O. The van der Waals surface area contributed by atoms with Gasteiger partial charge in [-0.1, -0.05) is 0 Å². The van der Waals surface area contributed by atoms with E-state index >= 15 is 0 Å². The standard InChI is InChI=1S/C30H42N4O16/c31-23(35)1-2-24(36)32(9-13-45-17-21-47-19-15-43-11-7-29(41)49-33-25(37)3-4-26(33)38)10-14-46-18-22-48-20-16-44-12-8-30(42)50-34-27(39)5-6-28(34)40/h3-22H2,(H2,31,35). The van der Waals surface area contributed by atoms with Gasteiger partial charge in [-0.25, -0.2) is 9.59 Å². The minimum Gasteiger partial charge on any atom is -0.378 e. The molecule has 0 spiro atoms. The fourth-order valence-corrected chi connectivity index (χ4v) is 3.86. The number of nitrogens with zero attached hydrogens (tertiary/aromatic N) is 3. The summed E-state index contributed by atoms with van der Waals surface area (Å²) >= 11 is 0. The van der Waals surface area contributed by atoms with Gasteiger partial charge in [0.05, 0.1) is 92.1 Å². The number of carbonyl (C=O) groups is 8. The molecule has 2 heterocycles. The molecule has 0 aromatic rings. The molecule has 6 amide bonds. The van der Waals surface area contributed by atoms with E-state index in [0.717, 1.165) is 0 Å². The van der Waals surface area contributed by atoms with Gasteiger partial charge < -0.3 is 48.7 Å². The number of hydrogen-bond acceptors (Lipinski definition) is 16. The highest BCUT2D eigenvalue weighted by molar-refractivity contribution is 6.03. The van der Waals surface area contributed by atoms with Gasteiger partial charge in [0.15, 0.2) is 0 Å². The summed E-state index contributed by atoms with van der Waals surface area (Å²) in [6, 6.07) is 0. The summed E-state index contributed by atoms with van der Waals surface area (Å²) in [6.07, 6.45) is -0.226. The first-order chi connectivity index (χ1) is 24.1. The van der Waals surface area contributed by atoms with Crippen LogP contribution in [-0.4, -0.2) is 155 Å². The zero-order valence-corrected chi connectivity index (χ0v) is 27.6. The van der Waals surface area contributed by atoms with E-state index in [1.807, 2.05) is 5.92 Å². The molecule has 0 aromatic heterocycles. The molecule has 0 bridgehead atoms. The second-order valence-corrected chi connectivity index (χ2v) is 10.2. The zero-order valence-electron chi connectivity index (χ0n) is 27.6. The molecule has 2 aliphatic rings. The van der Waals surface area contributed by atoms with Crippen LogP contribution in [0.15, 0.2) is 0 Å². The fourth-order valence-electron chi connectivity index (χ4n) is 3.86. The van der Waals surface area contributed by atoms with Crippen molar-refractivity contribution in [2.45, 2.75) is 38.5 Å². The molecule has 20 heteroatoms. The van der Waals surface area contributed by atoms with Crippen molar-refractivity contribution < 1.29 is 76.5 Å². The summed E-state index contributed by atoms with van der Waals surface area (Å²) in [6.45, 7) is 2.28. The Kier molecular flexibility index (Phi) is 20.5. The van der Waals surface area contributed by atoms with Crippen LogP contribution in [-0.2, 0) is 76.5 Å². The molecule has 2 N–H and O–H groups in total.